The van der Waals surface area contributed by atoms with Crippen LogP contribution in [-0.4, -0.2) is 19.3 Å². The van der Waals surface area contributed by atoms with Crippen molar-refractivity contribution in [2.45, 2.75) is 12.2 Å². The molecule has 1 N–H and O–H groups in total. The van der Waals surface area contributed by atoms with Gasteiger partial charge in [0.2, 0.25) is 0 Å². The highest BCUT2D eigenvalue weighted by Crippen LogP contribution is 2.21. The lowest BCUT2D eigenvalue weighted by Gasteiger charge is -2.15. The van der Waals surface area contributed by atoms with E-state index in [0.717, 1.165) is 11.6 Å². The molecule has 0 fully saturated rings. The lowest BCUT2D eigenvalue weighted by Crippen LogP contribution is -2.38. The zero-order chi connectivity index (χ0) is 11.3. The first-order valence-corrected chi connectivity index (χ1v) is 4.51. The summed E-state index contributed by atoms with van der Waals surface area (Å²) in [5.74, 6) is 0. The van der Waals surface area contributed by atoms with E-state index in [0.29, 0.717) is 0 Å². The van der Waals surface area contributed by atoms with Gasteiger partial charge in [-0.05, 0) is 12.6 Å². The summed E-state index contributed by atoms with van der Waals surface area (Å²) in [5, 5.41) is 2.20. The van der Waals surface area contributed by atoms with Crippen LogP contribution in [-0.2, 0) is 0 Å². The quantitative estimate of drug-likeness (QED) is 0.817. The highest BCUT2D eigenvalue weighted by molar-refractivity contribution is 5.49. The molecule has 0 amide bonds. The maximum absolute atomic E-state index is 12.3. The third-order valence-electron chi connectivity index (χ3n) is 1.94. The molecule has 82 valence electrons. The van der Waals surface area contributed by atoms with Gasteiger partial charge in [0.1, 0.15) is 6.04 Å². The van der Waals surface area contributed by atoms with E-state index in [1.807, 2.05) is 6.07 Å². The van der Waals surface area contributed by atoms with Crippen LogP contribution in [0.15, 0.2) is 36.4 Å². The molecule has 0 aliphatic heterocycles. The fourth-order valence-corrected chi connectivity index (χ4v) is 1.14. The van der Waals surface area contributed by atoms with Crippen molar-refractivity contribution in [3.05, 3.63) is 42.0 Å². The molecule has 1 nitrogen and oxygen atoms in total. The van der Waals surface area contributed by atoms with Crippen LogP contribution in [0.2, 0.25) is 0 Å². The van der Waals surface area contributed by atoms with Crippen molar-refractivity contribution >= 4 is 6.08 Å². The SMILES string of the molecule is CNC(/C=C/c1ccccc1)C(F)(F)F. The molecule has 0 aromatic heterocycles. The Hall–Kier alpha value is -1.29. The molecule has 0 spiro atoms. The van der Waals surface area contributed by atoms with Crippen molar-refractivity contribution in [3.63, 3.8) is 0 Å². The summed E-state index contributed by atoms with van der Waals surface area (Å²) < 4.78 is 36.9. The van der Waals surface area contributed by atoms with E-state index in [1.165, 1.54) is 13.1 Å². The van der Waals surface area contributed by atoms with Crippen LogP contribution in [0, 0.1) is 0 Å². The van der Waals surface area contributed by atoms with E-state index in [9.17, 15) is 13.2 Å². The largest absolute Gasteiger partial charge is 0.407 e. The van der Waals surface area contributed by atoms with Gasteiger partial charge >= 0.3 is 6.18 Å². The Kier molecular flexibility index (Phi) is 3.91. The third-order valence-corrected chi connectivity index (χ3v) is 1.94. The Morgan fingerprint density at radius 3 is 2.27 bits per heavy atom. The normalized spacial score (nSPS) is 14.4. The molecule has 1 rings (SSSR count). The van der Waals surface area contributed by atoms with Gasteiger partial charge in [0.25, 0.3) is 0 Å². The summed E-state index contributed by atoms with van der Waals surface area (Å²) >= 11 is 0. The molecule has 0 aliphatic rings. The van der Waals surface area contributed by atoms with Crippen LogP contribution in [0.1, 0.15) is 5.56 Å². The van der Waals surface area contributed by atoms with Crippen LogP contribution in [0.25, 0.3) is 6.08 Å². The van der Waals surface area contributed by atoms with E-state index >= 15 is 0 Å². The summed E-state index contributed by atoms with van der Waals surface area (Å²) in [7, 11) is 1.29. The van der Waals surface area contributed by atoms with Crippen LogP contribution in [0.5, 0.6) is 0 Å². The van der Waals surface area contributed by atoms with Crippen molar-refractivity contribution in [2.75, 3.05) is 7.05 Å². The Labute approximate surface area is 86.6 Å². The second-order valence-corrected chi connectivity index (χ2v) is 3.08. The summed E-state index contributed by atoms with van der Waals surface area (Å²) in [6.45, 7) is 0. The highest BCUT2D eigenvalue weighted by Gasteiger charge is 2.36. The van der Waals surface area contributed by atoms with Crippen molar-refractivity contribution in [1.82, 2.24) is 5.32 Å². The monoisotopic (exact) mass is 215 g/mol. The molecule has 0 bridgehead atoms. The molecular formula is C11H12F3N. The molecule has 0 aliphatic carbocycles. The van der Waals surface area contributed by atoms with Gasteiger partial charge < -0.3 is 5.32 Å². The third kappa shape index (κ3) is 3.75. The van der Waals surface area contributed by atoms with E-state index in [2.05, 4.69) is 5.32 Å². The molecule has 4 heteroatoms. The lowest BCUT2D eigenvalue weighted by atomic mass is 10.1. The van der Waals surface area contributed by atoms with Gasteiger partial charge in [-0.1, -0.05) is 42.5 Å². The first-order chi connectivity index (χ1) is 7.04. The van der Waals surface area contributed by atoms with Crippen molar-refractivity contribution < 1.29 is 13.2 Å². The van der Waals surface area contributed by atoms with Gasteiger partial charge in [-0.25, -0.2) is 0 Å². The molecule has 1 aromatic rings. The van der Waals surface area contributed by atoms with E-state index in [1.54, 1.807) is 24.3 Å². The first kappa shape index (κ1) is 11.8. The van der Waals surface area contributed by atoms with E-state index < -0.39 is 12.2 Å². The number of benzene rings is 1. The smallest absolute Gasteiger partial charge is 0.306 e. The summed E-state index contributed by atoms with van der Waals surface area (Å²) in [6, 6.07) is 7.27. The molecule has 1 unspecified atom stereocenters. The summed E-state index contributed by atoms with van der Waals surface area (Å²) in [4.78, 5) is 0. The Morgan fingerprint density at radius 1 is 1.20 bits per heavy atom. The minimum atomic E-state index is -4.25. The van der Waals surface area contributed by atoms with Crippen LogP contribution in [0.3, 0.4) is 0 Å². The standard InChI is InChI=1S/C11H12F3N/c1-15-10(11(12,13)14)8-7-9-5-3-2-4-6-9/h2-8,10,15H,1H3/b8-7+. The second-order valence-electron chi connectivity index (χ2n) is 3.08. The van der Waals surface area contributed by atoms with Crippen LogP contribution >= 0.6 is 0 Å². The first-order valence-electron chi connectivity index (χ1n) is 4.51. The van der Waals surface area contributed by atoms with Crippen LogP contribution in [0.4, 0.5) is 13.2 Å². The van der Waals surface area contributed by atoms with E-state index in [-0.39, 0.29) is 0 Å². The predicted molar refractivity (Wildman–Crippen MR) is 54.4 cm³/mol. The molecule has 0 heterocycles. The maximum atomic E-state index is 12.3. The van der Waals surface area contributed by atoms with Gasteiger partial charge in [-0.3, -0.25) is 0 Å². The molecule has 15 heavy (non-hydrogen) atoms. The average molecular weight is 215 g/mol. The second kappa shape index (κ2) is 4.98. The zero-order valence-electron chi connectivity index (χ0n) is 8.25. The van der Waals surface area contributed by atoms with Gasteiger partial charge in [0.05, 0.1) is 0 Å². The predicted octanol–water partition coefficient (Wildman–Crippen LogP) is 2.85. The van der Waals surface area contributed by atoms with Gasteiger partial charge in [0, 0.05) is 0 Å². The molecule has 1 atom stereocenters. The molecule has 0 radical (unpaired) electrons. The van der Waals surface area contributed by atoms with Gasteiger partial charge in [-0.15, -0.1) is 0 Å². The van der Waals surface area contributed by atoms with Crippen LogP contribution < -0.4 is 5.32 Å². The Balaban J connectivity index is 2.72. The number of hydrogen-bond donors (Lipinski definition) is 1. The minimum Gasteiger partial charge on any atom is -0.306 e. The van der Waals surface area contributed by atoms with Crippen molar-refractivity contribution in [1.29, 1.82) is 0 Å². The zero-order valence-corrected chi connectivity index (χ0v) is 8.25. The maximum Gasteiger partial charge on any atom is 0.407 e. The number of nitrogens with one attached hydrogen (secondary N) is 1. The summed E-state index contributed by atoms with van der Waals surface area (Å²) in [6.07, 6.45) is -1.69. The molecular weight excluding hydrogens is 203 g/mol. The fraction of sp³-hybridized carbons (Fsp3) is 0.273. The van der Waals surface area contributed by atoms with Gasteiger partial charge in [0.15, 0.2) is 0 Å². The topological polar surface area (TPSA) is 12.0 Å². The Bertz CT molecular complexity index is 316. The number of hydrogen-bond acceptors (Lipinski definition) is 1. The number of likely N-dealkylation sites (N-methyl/N-ethyl adjacent to an activating group) is 1. The van der Waals surface area contributed by atoms with Gasteiger partial charge in [-0.2, -0.15) is 13.2 Å². The van der Waals surface area contributed by atoms with Crippen molar-refractivity contribution in [2.24, 2.45) is 0 Å². The van der Waals surface area contributed by atoms with E-state index in [4.69, 9.17) is 0 Å². The van der Waals surface area contributed by atoms with Crippen molar-refractivity contribution in [3.8, 4) is 0 Å². The summed E-state index contributed by atoms with van der Waals surface area (Å²) in [5.41, 5.74) is 0.752. The number of alkyl halides is 3. The molecule has 0 saturated heterocycles. The minimum absolute atomic E-state index is 0.752. The highest BCUT2D eigenvalue weighted by atomic mass is 19.4. The molecule has 0 saturated carbocycles. The number of halogens is 3. The lowest BCUT2D eigenvalue weighted by molar-refractivity contribution is -0.143. The molecule has 1 aromatic carbocycles. The Morgan fingerprint density at radius 2 is 1.80 bits per heavy atom. The fourth-order valence-electron chi connectivity index (χ4n) is 1.14. The average Bonchev–Trinajstić information content (AvgIpc) is 2.18. The number of rotatable bonds is 3.